The van der Waals surface area contributed by atoms with Crippen LogP contribution in [0.2, 0.25) is 0 Å². The van der Waals surface area contributed by atoms with Crippen LogP contribution in [0.3, 0.4) is 0 Å². The molecule has 2 N–H and O–H groups in total. The van der Waals surface area contributed by atoms with E-state index in [4.69, 9.17) is 4.74 Å². The first-order valence-corrected chi connectivity index (χ1v) is 11.4. The van der Waals surface area contributed by atoms with Gasteiger partial charge in [-0.05, 0) is 30.2 Å². The van der Waals surface area contributed by atoms with Crippen molar-refractivity contribution in [1.29, 1.82) is 0 Å². The Bertz CT molecular complexity index is 1070. The summed E-state index contributed by atoms with van der Waals surface area (Å²) in [4.78, 5) is 25.8. The minimum atomic E-state index is -0.736. The number of para-hydroxylation sites is 1. The van der Waals surface area contributed by atoms with Crippen molar-refractivity contribution in [2.75, 3.05) is 12.4 Å². The van der Waals surface area contributed by atoms with E-state index in [0.29, 0.717) is 27.9 Å². The van der Waals surface area contributed by atoms with Crippen LogP contribution >= 0.6 is 27.3 Å². The molecular formula is C22H23BrN4O3S. The predicted octanol–water partition coefficient (Wildman–Crippen LogP) is 4.76. The van der Waals surface area contributed by atoms with Crippen LogP contribution in [0.1, 0.15) is 30.6 Å². The maximum absolute atomic E-state index is 13.0. The number of benzene rings is 2. The number of hydrogen-bond donors (Lipinski definition) is 2. The summed E-state index contributed by atoms with van der Waals surface area (Å²) in [6.07, 6.45) is 0.712. The zero-order chi connectivity index (χ0) is 22.4. The number of carbonyl (C=O) groups is 2. The summed E-state index contributed by atoms with van der Waals surface area (Å²) < 4.78 is 6.19. The second kappa shape index (κ2) is 10.5. The zero-order valence-electron chi connectivity index (χ0n) is 17.4. The number of nitrogens with zero attached hydrogens (tertiary/aromatic N) is 2. The number of nitrogens with one attached hydrogen (secondary N) is 2. The Morgan fingerprint density at radius 3 is 2.65 bits per heavy atom. The minimum absolute atomic E-state index is 0.0869. The Labute approximate surface area is 193 Å². The number of rotatable bonds is 8. The summed E-state index contributed by atoms with van der Waals surface area (Å²) in [6, 6.07) is 13.9. The van der Waals surface area contributed by atoms with Crippen LogP contribution in [0.4, 0.5) is 5.13 Å². The highest BCUT2D eigenvalue weighted by atomic mass is 79.9. The number of carbonyl (C=O) groups excluding carboxylic acids is 2. The van der Waals surface area contributed by atoms with E-state index >= 15 is 0 Å². The van der Waals surface area contributed by atoms with E-state index < -0.39 is 6.04 Å². The molecule has 0 spiro atoms. The molecular weight excluding hydrogens is 480 g/mol. The second-order valence-corrected chi connectivity index (χ2v) is 8.84. The lowest BCUT2D eigenvalue weighted by Crippen LogP contribution is -2.47. The van der Waals surface area contributed by atoms with Gasteiger partial charge in [0.15, 0.2) is 0 Å². The summed E-state index contributed by atoms with van der Waals surface area (Å²) in [5, 5.41) is 15.0. The fraction of sp³-hybridized carbons (Fsp3) is 0.273. The molecule has 0 saturated carbocycles. The standard InChI is InChI=1S/C22H23BrN4O3S/c1-4-13(2)18(24-19(28)16-10-5-6-11-17(16)30-3)20(29)25-22-27-26-21(31-22)14-8-7-9-15(23)12-14/h5-13,18H,4H2,1-3H3,(H,24,28)(H,25,27,29). The van der Waals surface area contributed by atoms with Crippen LogP contribution in [0, 0.1) is 5.92 Å². The molecule has 0 saturated heterocycles. The van der Waals surface area contributed by atoms with E-state index in [9.17, 15) is 9.59 Å². The molecule has 9 heteroatoms. The molecule has 2 aromatic carbocycles. The van der Waals surface area contributed by atoms with Gasteiger partial charge >= 0.3 is 0 Å². The number of ether oxygens (including phenoxy) is 1. The van der Waals surface area contributed by atoms with Gasteiger partial charge in [-0.25, -0.2) is 0 Å². The average molecular weight is 503 g/mol. The van der Waals surface area contributed by atoms with Crippen molar-refractivity contribution < 1.29 is 14.3 Å². The molecule has 0 fully saturated rings. The first-order chi connectivity index (χ1) is 14.9. The topological polar surface area (TPSA) is 93.2 Å². The summed E-state index contributed by atoms with van der Waals surface area (Å²) in [7, 11) is 1.50. The highest BCUT2D eigenvalue weighted by Crippen LogP contribution is 2.28. The van der Waals surface area contributed by atoms with E-state index in [-0.39, 0.29) is 17.7 Å². The third-order valence-corrected chi connectivity index (χ3v) is 6.24. The van der Waals surface area contributed by atoms with Crippen LogP contribution in [-0.4, -0.2) is 35.2 Å². The third-order valence-electron chi connectivity index (χ3n) is 4.86. The van der Waals surface area contributed by atoms with E-state index in [0.717, 1.165) is 10.0 Å². The lowest BCUT2D eigenvalue weighted by atomic mass is 9.98. The monoisotopic (exact) mass is 502 g/mol. The lowest BCUT2D eigenvalue weighted by molar-refractivity contribution is -0.119. The number of hydrogen-bond acceptors (Lipinski definition) is 6. The molecule has 1 aromatic heterocycles. The van der Waals surface area contributed by atoms with Gasteiger partial charge in [-0.15, -0.1) is 10.2 Å². The number of anilines is 1. The summed E-state index contributed by atoms with van der Waals surface area (Å²) >= 11 is 4.71. The highest BCUT2D eigenvalue weighted by molar-refractivity contribution is 9.10. The second-order valence-electron chi connectivity index (χ2n) is 6.95. The molecule has 2 atom stereocenters. The van der Waals surface area contributed by atoms with Crippen molar-refractivity contribution in [2.24, 2.45) is 5.92 Å². The van der Waals surface area contributed by atoms with Crippen LogP contribution in [0.15, 0.2) is 53.0 Å². The fourth-order valence-electron chi connectivity index (χ4n) is 2.95. The normalized spacial score (nSPS) is 12.6. The van der Waals surface area contributed by atoms with Gasteiger partial charge in [0.25, 0.3) is 5.91 Å². The van der Waals surface area contributed by atoms with Gasteiger partial charge in [0.1, 0.15) is 16.8 Å². The minimum Gasteiger partial charge on any atom is -0.496 e. The molecule has 0 bridgehead atoms. The van der Waals surface area contributed by atoms with Crippen molar-refractivity contribution in [3.05, 3.63) is 58.6 Å². The molecule has 3 rings (SSSR count). The quantitative estimate of drug-likeness (QED) is 0.463. The third kappa shape index (κ3) is 5.68. The number of halogens is 1. The molecule has 0 aliphatic rings. The Hall–Kier alpha value is -2.78. The molecule has 0 radical (unpaired) electrons. The Morgan fingerprint density at radius 1 is 1.16 bits per heavy atom. The van der Waals surface area contributed by atoms with E-state index in [1.54, 1.807) is 24.3 Å². The largest absolute Gasteiger partial charge is 0.496 e. The van der Waals surface area contributed by atoms with Crippen molar-refractivity contribution in [3.8, 4) is 16.3 Å². The smallest absolute Gasteiger partial charge is 0.255 e. The van der Waals surface area contributed by atoms with Crippen molar-refractivity contribution in [1.82, 2.24) is 15.5 Å². The van der Waals surface area contributed by atoms with Gasteiger partial charge < -0.3 is 10.1 Å². The SMILES string of the molecule is CCC(C)C(NC(=O)c1ccccc1OC)C(=O)Nc1nnc(-c2cccc(Br)c2)s1. The van der Waals surface area contributed by atoms with Gasteiger partial charge in [0.2, 0.25) is 11.0 Å². The summed E-state index contributed by atoms with van der Waals surface area (Å²) in [5.41, 5.74) is 1.27. The van der Waals surface area contributed by atoms with Gasteiger partial charge in [0, 0.05) is 10.0 Å². The van der Waals surface area contributed by atoms with Gasteiger partial charge in [-0.1, -0.05) is 71.8 Å². The van der Waals surface area contributed by atoms with Crippen LogP contribution < -0.4 is 15.4 Å². The van der Waals surface area contributed by atoms with Crippen molar-refractivity contribution in [2.45, 2.75) is 26.3 Å². The molecule has 2 amide bonds. The van der Waals surface area contributed by atoms with Gasteiger partial charge in [-0.2, -0.15) is 0 Å². The fourth-order valence-corrected chi connectivity index (χ4v) is 4.09. The predicted molar refractivity (Wildman–Crippen MR) is 125 cm³/mol. The van der Waals surface area contributed by atoms with E-state index in [2.05, 4.69) is 36.8 Å². The maximum atomic E-state index is 13.0. The molecule has 0 aliphatic carbocycles. The summed E-state index contributed by atoms with van der Waals surface area (Å²) in [5.74, 6) is -0.346. The first kappa shape index (κ1) is 22.9. The number of methoxy groups -OCH3 is 1. The maximum Gasteiger partial charge on any atom is 0.255 e. The van der Waals surface area contributed by atoms with Gasteiger partial charge in [-0.3, -0.25) is 14.9 Å². The molecule has 3 aromatic rings. The Morgan fingerprint density at radius 2 is 1.94 bits per heavy atom. The lowest BCUT2D eigenvalue weighted by Gasteiger charge is -2.23. The number of aromatic nitrogens is 2. The number of amides is 2. The van der Waals surface area contributed by atoms with E-state index in [1.807, 2.05) is 38.1 Å². The first-order valence-electron chi connectivity index (χ1n) is 9.77. The van der Waals surface area contributed by atoms with Crippen LogP contribution in [-0.2, 0) is 4.79 Å². The molecule has 31 heavy (non-hydrogen) atoms. The molecule has 2 unspecified atom stereocenters. The molecule has 0 aliphatic heterocycles. The van der Waals surface area contributed by atoms with E-state index in [1.165, 1.54) is 18.4 Å². The Balaban J connectivity index is 1.75. The molecule has 162 valence electrons. The summed E-state index contributed by atoms with van der Waals surface area (Å²) in [6.45, 7) is 3.89. The molecule has 1 heterocycles. The van der Waals surface area contributed by atoms with Crippen LogP contribution in [0.5, 0.6) is 5.75 Å². The van der Waals surface area contributed by atoms with Gasteiger partial charge in [0.05, 0.1) is 12.7 Å². The highest BCUT2D eigenvalue weighted by Gasteiger charge is 2.28. The van der Waals surface area contributed by atoms with Crippen molar-refractivity contribution in [3.63, 3.8) is 0 Å². The zero-order valence-corrected chi connectivity index (χ0v) is 19.8. The van der Waals surface area contributed by atoms with Crippen molar-refractivity contribution >= 4 is 44.2 Å². The van der Waals surface area contributed by atoms with Crippen LogP contribution in [0.25, 0.3) is 10.6 Å². The Kier molecular flexibility index (Phi) is 7.75. The molecule has 7 nitrogen and oxygen atoms in total. The average Bonchev–Trinajstić information content (AvgIpc) is 3.25.